The fourth-order valence-corrected chi connectivity index (χ4v) is 3.42. The van der Waals surface area contributed by atoms with Crippen LogP contribution in [0.5, 0.6) is 0 Å². The van der Waals surface area contributed by atoms with Crippen molar-refractivity contribution in [2.75, 3.05) is 12.4 Å². The van der Waals surface area contributed by atoms with Gasteiger partial charge in [0.15, 0.2) is 5.82 Å². The van der Waals surface area contributed by atoms with Gasteiger partial charge >= 0.3 is 0 Å². The minimum atomic E-state index is 0.606. The van der Waals surface area contributed by atoms with Gasteiger partial charge in [-0.25, -0.2) is 9.97 Å². The second kappa shape index (κ2) is 4.63. The average molecular weight is 324 g/mol. The van der Waals surface area contributed by atoms with E-state index < -0.39 is 0 Å². The van der Waals surface area contributed by atoms with Crippen molar-refractivity contribution in [3.63, 3.8) is 0 Å². The third-order valence-corrected chi connectivity index (χ3v) is 4.82. The first-order valence-corrected chi connectivity index (χ1v) is 7.62. The highest BCUT2D eigenvalue weighted by Gasteiger charge is 2.29. The van der Waals surface area contributed by atoms with Crippen LogP contribution in [0.4, 0.5) is 5.82 Å². The van der Waals surface area contributed by atoms with Crippen LogP contribution in [0, 0.1) is 6.92 Å². The number of nitrogens with zero attached hydrogens (tertiary/aromatic N) is 2. The van der Waals surface area contributed by atoms with E-state index in [1.807, 2.05) is 7.05 Å². The zero-order valence-electron chi connectivity index (χ0n) is 10.3. The van der Waals surface area contributed by atoms with Gasteiger partial charge < -0.3 is 5.32 Å². The zero-order chi connectivity index (χ0) is 12.7. The van der Waals surface area contributed by atoms with Crippen molar-refractivity contribution in [2.45, 2.75) is 25.7 Å². The summed E-state index contributed by atoms with van der Waals surface area (Å²) >= 11 is 5.35. The molecule has 18 heavy (non-hydrogen) atoms. The van der Waals surface area contributed by atoms with E-state index in [1.54, 1.807) is 11.3 Å². The number of thiophene rings is 1. The lowest BCUT2D eigenvalue weighted by atomic mass is 10.2. The predicted molar refractivity (Wildman–Crippen MR) is 79.3 cm³/mol. The third-order valence-electron chi connectivity index (χ3n) is 3.04. The van der Waals surface area contributed by atoms with Crippen molar-refractivity contribution >= 4 is 33.1 Å². The minimum Gasteiger partial charge on any atom is -0.372 e. The molecule has 0 unspecified atom stereocenters. The predicted octanol–water partition coefficient (Wildman–Crippen LogP) is 4.20. The summed E-state index contributed by atoms with van der Waals surface area (Å²) in [7, 11) is 1.90. The zero-order valence-corrected chi connectivity index (χ0v) is 12.7. The van der Waals surface area contributed by atoms with Crippen molar-refractivity contribution in [1.82, 2.24) is 9.97 Å². The van der Waals surface area contributed by atoms with Crippen LogP contribution in [0.25, 0.3) is 10.7 Å². The first-order valence-electron chi connectivity index (χ1n) is 6.01. The summed E-state index contributed by atoms with van der Waals surface area (Å²) in [5, 5.41) is 3.14. The van der Waals surface area contributed by atoms with Crippen LogP contribution >= 0.6 is 27.3 Å². The molecule has 5 heteroatoms. The van der Waals surface area contributed by atoms with Crippen LogP contribution in [0.15, 0.2) is 16.6 Å². The van der Waals surface area contributed by atoms with Crippen LogP contribution in [0.2, 0.25) is 0 Å². The normalized spacial score (nSPS) is 14.8. The largest absolute Gasteiger partial charge is 0.372 e. The fourth-order valence-electron chi connectivity index (χ4n) is 1.92. The Labute approximate surface area is 119 Å². The second-order valence-electron chi connectivity index (χ2n) is 4.53. The lowest BCUT2D eigenvalue weighted by Gasteiger charge is -2.09. The van der Waals surface area contributed by atoms with Gasteiger partial charge in [0.2, 0.25) is 0 Å². The van der Waals surface area contributed by atoms with E-state index >= 15 is 0 Å². The number of halogens is 1. The molecule has 1 fully saturated rings. The molecule has 1 aliphatic rings. The van der Waals surface area contributed by atoms with Gasteiger partial charge in [-0.3, -0.25) is 0 Å². The highest BCUT2D eigenvalue weighted by molar-refractivity contribution is 9.10. The Bertz CT molecular complexity index is 590. The molecule has 0 atom stereocenters. The van der Waals surface area contributed by atoms with Crippen LogP contribution in [0.3, 0.4) is 0 Å². The molecular weight excluding hydrogens is 310 g/mol. The Balaban J connectivity index is 2.12. The summed E-state index contributed by atoms with van der Waals surface area (Å²) in [5.74, 6) is 2.32. The molecule has 0 amide bonds. The van der Waals surface area contributed by atoms with Crippen molar-refractivity contribution in [3.05, 3.63) is 27.2 Å². The SMILES string of the molecule is CNc1nc(-c2ccc(C)s2)nc(C2CC2)c1Br. The highest BCUT2D eigenvalue weighted by Crippen LogP contribution is 2.44. The molecule has 2 aromatic heterocycles. The number of aromatic nitrogens is 2. The van der Waals surface area contributed by atoms with Crippen molar-refractivity contribution in [3.8, 4) is 10.7 Å². The van der Waals surface area contributed by atoms with Crippen LogP contribution in [-0.4, -0.2) is 17.0 Å². The number of hydrogen-bond acceptors (Lipinski definition) is 4. The molecule has 0 aromatic carbocycles. The molecule has 2 heterocycles. The fraction of sp³-hybridized carbons (Fsp3) is 0.385. The molecule has 94 valence electrons. The molecule has 3 rings (SSSR count). The van der Waals surface area contributed by atoms with E-state index in [4.69, 9.17) is 4.98 Å². The smallest absolute Gasteiger partial charge is 0.171 e. The minimum absolute atomic E-state index is 0.606. The molecule has 3 nitrogen and oxygen atoms in total. The van der Waals surface area contributed by atoms with Gasteiger partial charge in [0.25, 0.3) is 0 Å². The lowest BCUT2D eigenvalue weighted by Crippen LogP contribution is -2.02. The summed E-state index contributed by atoms with van der Waals surface area (Å²) in [5.41, 5.74) is 1.15. The summed E-state index contributed by atoms with van der Waals surface area (Å²) in [4.78, 5) is 11.8. The van der Waals surface area contributed by atoms with Gasteiger partial charge in [0.05, 0.1) is 15.0 Å². The van der Waals surface area contributed by atoms with E-state index in [9.17, 15) is 0 Å². The second-order valence-corrected chi connectivity index (χ2v) is 6.61. The van der Waals surface area contributed by atoms with Crippen molar-refractivity contribution < 1.29 is 0 Å². The Morgan fingerprint density at radius 3 is 2.67 bits per heavy atom. The average Bonchev–Trinajstić information content (AvgIpc) is 3.12. The van der Waals surface area contributed by atoms with Gasteiger partial charge in [0.1, 0.15) is 5.82 Å². The van der Waals surface area contributed by atoms with Crippen LogP contribution in [0.1, 0.15) is 29.3 Å². The maximum Gasteiger partial charge on any atom is 0.171 e. The highest BCUT2D eigenvalue weighted by atomic mass is 79.9. The maximum atomic E-state index is 4.74. The van der Waals surface area contributed by atoms with E-state index in [1.165, 1.54) is 17.7 Å². The first kappa shape index (κ1) is 12.1. The van der Waals surface area contributed by atoms with Gasteiger partial charge in [-0.05, 0) is 47.8 Å². The summed E-state index contributed by atoms with van der Waals surface area (Å²) < 4.78 is 1.02. The van der Waals surface area contributed by atoms with E-state index in [0.717, 1.165) is 26.7 Å². The number of aryl methyl sites for hydroxylation is 1. The Morgan fingerprint density at radius 2 is 2.11 bits per heavy atom. The molecule has 0 spiro atoms. The molecule has 1 N–H and O–H groups in total. The molecular formula is C13H14BrN3S. The standard InChI is InChI=1S/C13H14BrN3S/c1-7-3-6-9(18-7)12-16-11(8-4-5-8)10(14)13(15-2)17-12/h3,6,8H,4-5H2,1-2H3,(H,15,16,17). The molecule has 0 bridgehead atoms. The number of anilines is 1. The summed E-state index contributed by atoms with van der Waals surface area (Å²) in [6.07, 6.45) is 2.48. The summed E-state index contributed by atoms with van der Waals surface area (Å²) in [6.45, 7) is 2.10. The van der Waals surface area contributed by atoms with Crippen LogP contribution < -0.4 is 5.32 Å². The number of hydrogen-bond donors (Lipinski definition) is 1. The molecule has 0 saturated heterocycles. The Hall–Kier alpha value is -0.940. The molecule has 0 aliphatic heterocycles. The van der Waals surface area contributed by atoms with Gasteiger partial charge in [-0.15, -0.1) is 11.3 Å². The monoisotopic (exact) mass is 323 g/mol. The van der Waals surface area contributed by atoms with Gasteiger partial charge in [-0.2, -0.15) is 0 Å². The Morgan fingerprint density at radius 1 is 1.33 bits per heavy atom. The molecule has 0 radical (unpaired) electrons. The van der Waals surface area contributed by atoms with Gasteiger partial charge in [-0.1, -0.05) is 0 Å². The van der Waals surface area contributed by atoms with Crippen LogP contribution in [-0.2, 0) is 0 Å². The quantitative estimate of drug-likeness (QED) is 0.920. The number of nitrogens with one attached hydrogen (secondary N) is 1. The van der Waals surface area contributed by atoms with E-state index in [-0.39, 0.29) is 0 Å². The molecule has 1 saturated carbocycles. The van der Waals surface area contributed by atoms with E-state index in [0.29, 0.717) is 5.92 Å². The molecule has 1 aliphatic carbocycles. The molecule has 2 aromatic rings. The Kier molecular flexibility index (Phi) is 3.11. The lowest BCUT2D eigenvalue weighted by molar-refractivity contribution is 0.982. The van der Waals surface area contributed by atoms with E-state index in [2.05, 4.69) is 45.3 Å². The van der Waals surface area contributed by atoms with Crippen molar-refractivity contribution in [2.24, 2.45) is 0 Å². The summed E-state index contributed by atoms with van der Waals surface area (Å²) in [6, 6.07) is 4.21. The number of rotatable bonds is 3. The third kappa shape index (κ3) is 2.17. The first-order chi connectivity index (χ1) is 8.69. The maximum absolute atomic E-state index is 4.74. The topological polar surface area (TPSA) is 37.8 Å². The van der Waals surface area contributed by atoms with Gasteiger partial charge in [0, 0.05) is 17.8 Å². The van der Waals surface area contributed by atoms with Crippen molar-refractivity contribution in [1.29, 1.82) is 0 Å².